The Morgan fingerprint density at radius 2 is 1.85 bits per heavy atom. The molecule has 4 heterocycles. The molecule has 2 bridgehead atoms. The van der Waals surface area contributed by atoms with E-state index in [0.29, 0.717) is 18.0 Å². The fourth-order valence-corrected chi connectivity index (χ4v) is 5.21. The van der Waals surface area contributed by atoms with Crippen molar-refractivity contribution in [2.24, 2.45) is 5.92 Å². The number of benzene rings is 1. The summed E-state index contributed by atoms with van der Waals surface area (Å²) in [5.74, 6) is -1.49. The smallest absolute Gasteiger partial charge is 0.223 e. The molecule has 4 aliphatic rings. The van der Waals surface area contributed by atoms with Gasteiger partial charge < -0.3 is 9.69 Å². The number of hydrogen-bond acceptors (Lipinski definition) is 3. The van der Waals surface area contributed by atoms with E-state index in [0.717, 1.165) is 32.0 Å². The monoisotopic (exact) mass is 362 g/mol. The zero-order valence-electron chi connectivity index (χ0n) is 15.0. The van der Waals surface area contributed by atoms with E-state index in [1.54, 1.807) is 12.1 Å². The van der Waals surface area contributed by atoms with E-state index in [4.69, 9.17) is 0 Å². The number of fused-ring (bicyclic) bond motifs is 2. The standard InChI is InChI=1S/C20H24F2N2O2/c1-12(25)5-6-17(26)24-11-15(14-3-2-4-16(21)18(14)22)20-19(24)13-7-9-23(20)10-8-13/h2-4,13,15,19-20H,5-11H2,1H3/t15-,19+,20+/m0/s1. The molecule has 1 aromatic carbocycles. The first-order valence-corrected chi connectivity index (χ1v) is 9.44. The quantitative estimate of drug-likeness (QED) is 0.827. The summed E-state index contributed by atoms with van der Waals surface area (Å²) < 4.78 is 28.3. The molecule has 140 valence electrons. The predicted octanol–water partition coefficient (Wildman–Crippen LogP) is 2.72. The minimum Gasteiger partial charge on any atom is -0.337 e. The number of Topliss-reactive ketones (excluding diaryl/α,β-unsaturated/α-hetero) is 1. The summed E-state index contributed by atoms with van der Waals surface area (Å²) in [6.45, 7) is 3.79. The van der Waals surface area contributed by atoms with Crippen molar-refractivity contribution in [3.63, 3.8) is 0 Å². The summed E-state index contributed by atoms with van der Waals surface area (Å²) >= 11 is 0. The first-order chi connectivity index (χ1) is 12.5. The molecule has 0 radical (unpaired) electrons. The highest BCUT2D eigenvalue weighted by atomic mass is 19.2. The fraction of sp³-hybridized carbons (Fsp3) is 0.600. The van der Waals surface area contributed by atoms with Gasteiger partial charge in [-0.15, -0.1) is 0 Å². The van der Waals surface area contributed by atoms with Crippen LogP contribution in [0.4, 0.5) is 8.78 Å². The van der Waals surface area contributed by atoms with Crippen molar-refractivity contribution in [2.45, 2.75) is 50.6 Å². The highest BCUT2D eigenvalue weighted by Gasteiger charge is 2.54. The molecule has 0 unspecified atom stereocenters. The maximum Gasteiger partial charge on any atom is 0.223 e. The molecule has 5 rings (SSSR count). The van der Waals surface area contributed by atoms with Gasteiger partial charge in [0.1, 0.15) is 5.78 Å². The van der Waals surface area contributed by atoms with Crippen molar-refractivity contribution >= 4 is 11.7 Å². The Balaban J connectivity index is 1.67. The van der Waals surface area contributed by atoms with Crippen LogP contribution in [0.15, 0.2) is 18.2 Å². The van der Waals surface area contributed by atoms with Crippen LogP contribution < -0.4 is 0 Å². The van der Waals surface area contributed by atoms with E-state index in [9.17, 15) is 18.4 Å². The number of carbonyl (C=O) groups excluding carboxylic acids is 2. The third kappa shape index (κ3) is 2.84. The number of rotatable bonds is 4. The van der Waals surface area contributed by atoms with Gasteiger partial charge in [-0.05, 0) is 50.4 Å². The van der Waals surface area contributed by atoms with Crippen LogP contribution in [0.3, 0.4) is 0 Å². The first-order valence-electron chi connectivity index (χ1n) is 9.44. The molecule has 0 aliphatic carbocycles. The average molecular weight is 362 g/mol. The van der Waals surface area contributed by atoms with Gasteiger partial charge in [-0.3, -0.25) is 9.69 Å². The van der Waals surface area contributed by atoms with Crippen molar-refractivity contribution in [1.29, 1.82) is 0 Å². The van der Waals surface area contributed by atoms with Crippen LogP contribution in [0.25, 0.3) is 0 Å². The van der Waals surface area contributed by atoms with Crippen molar-refractivity contribution in [2.75, 3.05) is 19.6 Å². The van der Waals surface area contributed by atoms with Gasteiger partial charge in [0.05, 0.1) is 6.04 Å². The number of nitrogens with zero attached hydrogens (tertiary/aromatic N) is 2. The summed E-state index contributed by atoms with van der Waals surface area (Å²) in [7, 11) is 0. The molecule has 0 aromatic heterocycles. The summed E-state index contributed by atoms with van der Waals surface area (Å²) in [6.07, 6.45) is 2.51. The van der Waals surface area contributed by atoms with Crippen LogP contribution in [-0.4, -0.2) is 53.2 Å². The molecule has 0 N–H and O–H groups in total. The lowest BCUT2D eigenvalue weighted by Gasteiger charge is -2.51. The van der Waals surface area contributed by atoms with Gasteiger partial charge in [0.15, 0.2) is 11.6 Å². The normalized spacial score (nSPS) is 32.6. The molecular formula is C20H24F2N2O2. The molecule has 4 aliphatic heterocycles. The van der Waals surface area contributed by atoms with E-state index in [-0.39, 0.29) is 42.5 Å². The summed E-state index contributed by atoms with van der Waals surface area (Å²) in [4.78, 5) is 28.3. The van der Waals surface area contributed by atoms with E-state index in [1.165, 1.54) is 6.92 Å². The molecule has 3 atom stereocenters. The number of likely N-dealkylation sites (tertiary alicyclic amines) is 1. The van der Waals surface area contributed by atoms with Crippen molar-refractivity contribution in [3.05, 3.63) is 35.4 Å². The Bertz CT molecular complexity index is 731. The Hall–Kier alpha value is -1.82. The van der Waals surface area contributed by atoms with Gasteiger partial charge >= 0.3 is 0 Å². The fourth-order valence-electron chi connectivity index (χ4n) is 5.21. The zero-order chi connectivity index (χ0) is 18.4. The minimum absolute atomic E-state index is 0.00395. The van der Waals surface area contributed by atoms with Crippen LogP contribution in [-0.2, 0) is 9.59 Å². The summed E-state index contributed by atoms with van der Waals surface area (Å²) in [5.41, 5.74) is 0.370. The number of hydrogen-bond donors (Lipinski definition) is 0. The number of carbonyl (C=O) groups is 2. The second-order valence-electron chi connectivity index (χ2n) is 7.85. The minimum atomic E-state index is -0.837. The molecule has 4 fully saturated rings. The van der Waals surface area contributed by atoms with Crippen molar-refractivity contribution in [1.82, 2.24) is 9.80 Å². The lowest BCUT2D eigenvalue weighted by Crippen LogP contribution is -2.60. The van der Waals surface area contributed by atoms with Crippen LogP contribution in [0, 0.1) is 17.6 Å². The summed E-state index contributed by atoms with van der Waals surface area (Å²) in [6, 6.07) is 4.41. The number of ketones is 1. The van der Waals surface area contributed by atoms with Gasteiger partial charge in [0.2, 0.25) is 5.91 Å². The Morgan fingerprint density at radius 3 is 2.54 bits per heavy atom. The second-order valence-corrected chi connectivity index (χ2v) is 7.85. The number of halogens is 2. The van der Waals surface area contributed by atoms with E-state index < -0.39 is 11.6 Å². The maximum atomic E-state index is 14.5. The van der Waals surface area contributed by atoms with Gasteiger partial charge in [0.25, 0.3) is 0 Å². The zero-order valence-corrected chi connectivity index (χ0v) is 15.0. The predicted molar refractivity (Wildman–Crippen MR) is 92.6 cm³/mol. The van der Waals surface area contributed by atoms with E-state index >= 15 is 0 Å². The Morgan fingerprint density at radius 1 is 1.12 bits per heavy atom. The lowest BCUT2D eigenvalue weighted by atomic mass is 9.75. The molecule has 0 spiro atoms. The average Bonchev–Trinajstić information content (AvgIpc) is 3.05. The SMILES string of the molecule is CC(=O)CCC(=O)N1C[C@@H](c2cccc(F)c2F)[C@@H]2[C@H]1C1CCN2CC1. The van der Waals surface area contributed by atoms with Crippen molar-refractivity contribution < 1.29 is 18.4 Å². The van der Waals surface area contributed by atoms with Crippen LogP contribution in [0.5, 0.6) is 0 Å². The molecule has 6 heteroatoms. The largest absolute Gasteiger partial charge is 0.337 e. The van der Waals surface area contributed by atoms with Crippen LogP contribution in [0.1, 0.15) is 44.1 Å². The van der Waals surface area contributed by atoms with Gasteiger partial charge in [-0.2, -0.15) is 0 Å². The molecule has 0 saturated carbocycles. The highest BCUT2D eigenvalue weighted by molar-refractivity contribution is 5.84. The Labute approximate surface area is 152 Å². The third-order valence-corrected chi connectivity index (χ3v) is 6.39. The second kappa shape index (κ2) is 6.72. The van der Waals surface area contributed by atoms with Crippen LogP contribution in [0.2, 0.25) is 0 Å². The van der Waals surface area contributed by atoms with Gasteiger partial charge in [-0.25, -0.2) is 8.78 Å². The first kappa shape index (κ1) is 17.6. The number of amides is 1. The van der Waals surface area contributed by atoms with Crippen molar-refractivity contribution in [3.8, 4) is 0 Å². The number of piperidine rings is 3. The van der Waals surface area contributed by atoms with Crippen LogP contribution >= 0.6 is 0 Å². The van der Waals surface area contributed by atoms with Gasteiger partial charge in [-0.1, -0.05) is 12.1 Å². The lowest BCUT2D eigenvalue weighted by molar-refractivity contribution is -0.137. The molecule has 26 heavy (non-hydrogen) atoms. The third-order valence-electron chi connectivity index (χ3n) is 6.39. The molecular weight excluding hydrogens is 338 g/mol. The summed E-state index contributed by atoms with van der Waals surface area (Å²) in [5, 5.41) is 0. The molecule has 4 nitrogen and oxygen atoms in total. The van der Waals surface area contributed by atoms with Gasteiger partial charge in [0, 0.05) is 31.3 Å². The van der Waals surface area contributed by atoms with E-state index in [2.05, 4.69) is 4.90 Å². The molecule has 1 aromatic rings. The van der Waals surface area contributed by atoms with E-state index in [1.807, 2.05) is 4.90 Å². The molecule has 1 amide bonds. The highest BCUT2D eigenvalue weighted by Crippen LogP contribution is 2.47. The maximum absolute atomic E-state index is 14.5. The topological polar surface area (TPSA) is 40.6 Å². The molecule has 4 saturated heterocycles. The Kier molecular flexibility index (Phi) is 4.55.